The minimum atomic E-state index is 0.158. The van der Waals surface area contributed by atoms with Crippen molar-refractivity contribution in [3.63, 3.8) is 0 Å². The Bertz CT molecular complexity index is 478. The van der Waals surface area contributed by atoms with Crippen molar-refractivity contribution in [2.24, 2.45) is 0 Å². The van der Waals surface area contributed by atoms with Crippen LogP contribution in [0.5, 0.6) is 5.75 Å². The first kappa shape index (κ1) is 16.8. The summed E-state index contributed by atoms with van der Waals surface area (Å²) in [5, 5.41) is 3.29. The van der Waals surface area contributed by atoms with Crippen LogP contribution in [0.15, 0.2) is 18.2 Å². The molecule has 22 heavy (non-hydrogen) atoms. The van der Waals surface area contributed by atoms with Crippen molar-refractivity contribution in [2.45, 2.75) is 13.8 Å². The van der Waals surface area contributed by atoms with E-state index >= 15 is 0 Å². The zero-order valence-electron chi connectivity index (χ0n) is 13.9. The van der Waals surface area contributed by atoms with Crippen LogP contribution in [0.4, 0.5) is 0 Å². The van der Waals surface area contributed by atoms with Gasteiger partial charge in [-0.25, -0.2) is 0 Å². The van der Waals surface area contributed by atoms with Gasteiger partial charge in [0.25, 0.3) is 0 Å². The van der Waals surface area contributed by atoms with Crippen LogP contribution in [0.3, 0.4) is 0 Å². The third-order valence-electron chi connectivity index (χ3n) is 3.88. The standard InChI is InChI=1S/C17H27N3O2/c1-14-10-15(2)12-16(11-14)22-9-8-19(3)17(21)13-20-6-4-18-5-7-20/h10-12,18H,4-9,13H2,1-3H3. The molecule has 0 spiro atoms. The van der Waals surface area contributed by atoms with Crippen LogP contribution in [0.2, 0.25) is 0 Å². The highest BCUT2D eigenvalue weighted by atomic mass is 16.5. The molecular formula is C17H27N3O2. The smallest absolute Gasteiger partial charge is 0.236 e. The lowest BCUT2D eigenvalue weighted by atomic mass is 10.1. The maximum absolute atomic E-state index is 12.2. The molecule has 1 aromatic carbocycles. The number of amides is 1. The van der Waals surface area contributed by atoms with Crippen LogP contribution >= 0.6 is 0 Å². The maximum atomic E-state index is 12.2. The van der Waals surface area contributed by atoms with Gasteiger partial charge in [-0.3, -0.25) is 9.69 Å². The van der Waals surface area contributed by atoms with E-state index in [9.17, 15) is 4.79 Å². The molecular weight excluding hydrogens is 278 g/mol. The minimum absolute atomic E-state index is 0.158. The zero-order chi connectivity index (χ0) is 15.9. The molecule has 1 N–H and O–H groups in total. The fourth-order valence-corrected chi connectivity index (χ4v) is 2.62. The van der Waals surface area contributed by atoms with Gasteiger partial charge < -0.3 is 15.0 Å². The van der Waals surface area contributed by atoms with Crippen molar-refractivity contribution in [3.05, 3.63) is 29.3 Å². The molecule has 1 fully saturated rings. The second-order valence-electron chi connectivity index (χ2n) is 6.01. The molecule has 0 aliphatic carbocycles. The summed E-state index contributed by atoms with van der Waals surface area (Å²) in [4.78, 5) is 16.1. The highest BCUT2D eigenvalue weighted by Crippen LogP contribution is 2.16. The number of carbonyl (C=O) groups is 1. The number of benzene rings is 1. The SMILES string of the molecule is Cc1cc(C)cc(OCCN(C)C(=O)CN2CCNCC2)c1. The maximum Gasteiger partial charge on any atom is 0.236 e. The Morgan fingerprint density at radius 3 is 2.50 bits per heavy atom. The zero-order valence-corrected chi connectivity index (χ0v) is 13.9. The van der Waals surface area contributed by atoms with Crippen LogP contribution in [0, 0.1) is 13.8 Å². The summed E-state index contributed by atoms with van der Waals surface area (Å²) in [5.74, 6) is 1.03. The number of piperazine rings is 1. The van der Waals surface area contributed by atoms with Crippen molar-refractivity contribution in [1.82, 2.24) is 15.1 Å². The van der Waals surface area contributed by atoms with Gasteiger partial charge in [0.2, 0.25) is 5.91 Å². The average molecular weight is 305 g/mol. The normalized spacial score (nSPS) is 15.6. The first-order chi connectivity index (χ1) is 10.5. The van der Waals surface area contributed by atoms with Crippen LogP contribution < -0.4 is 10.1 Å². The first-order valence-corrected chi connectivity index (χ1v) is 7.93. The number of carbonyl (C=O) groups excluding carboxylic acids is 1. The van der Waals surface area contributed by atoms with Crippen molar-refractivity contribution in [1.29, 1.82) is 0 Å². The molecule has 2 rings (SSSR count). The van der Waals surface area contributed by atoms with E-state index in [2.05, 4.69) is 30.1 Å². The highest BCUT2D eigenvalue weighted by molar-refractivity contribution is 5.78. The van der Waals surface area contributed by atoms with E-state index < -0.39 is 0 Å². The lowest BCUT2D eigenvalue weighted by molar-refractivity contribution is -0.131. The number of rotatable bonds is 6. The molecule has 0 atom stereocenters. The number of likely N-dealkylation sites (N-methyl/N-ethyl adjacent to an activating group) is 1. The number of nitrogens with zero attached hydrogens (tertiary/aromatic N) is 2. The number of ether oxygens (including phenoxy) is 1. The van der Waals surface area contributed by atoms with Gasteiger partial charge in [0, 0.05) is 33.2 Å². The van der Waals surface area contributed by atoms with Crippen LogP contribution in [0.1, 0.15) is 11.1 Å². The van der Waals surface area contributed by atoms with E-state index in [0.717, 1.165) is 31.9 Å². The quantitative estimate of drug-likeness (QED) is 0.853. The average Bonchev–Trinajstić information content (AvgIpc) is 2.47. The predicted molar refractivity (Wildman–Crippen MR) is 88.4 cm³/mol. The van der Waals surface area contributed by atoms with E-state index in [1.54, 1.807) is 4.90 Å². The van der Waals surface area contributed by atoms with Crippen molar-refractivity contribution >= 4 is 5.91 Å². The molecule has 5 nitrogen and oxygen atoms in total. The van der Waals surface area contributed by atoms with Gasteiger partial charge in [0.05, 0.1) is 13.1 Å². The van der Waals surface area contributed by atoms with Gasteiger partial charge in [-0.1, -0.05) is 6.07 Å². The molecule has 0 unspecified atom stereocenters. The van der Waals surface area contributed by atoms with E-state index in [1.807, 2.05) is 19.2 Å². The van der Waals surface area contributed by atoms with Gasteiger partial charge >= 0.3 is 0 Å². The van der Waals surface area contributed by atoms with E-state index in [-0.39, 0.29) is 5.91 Å². The van der Waals surface area contributed by atoms with Crippen molar-refractivity contribution in [2.75, 3.05) is 52.9 Å². The minimum Gasteiger partial charge on any atom is -0.492 e. The molecule has 1 aliphatic rings. The molecule has 0 bridgehead atoms. The first-order valence-electron chi connectivity index (χ1n) is 7.93. The molecule has 1 amide bonds. The van der Waals surface area contributed by atoms with Gasteiger partial charge in [-0.2, -0.15) is 0 Å². The lowest BCUT2D eigenvalue weighted by Gasteiger charge is -2.28. The summed E-state index contributed by atoms with van der Waals surface area (Å²) in [6.07, 6.45) is 0. The van der Waals surface area contributed by atoms with Gasteiger partial charge in [-0.15, -0.1) is 0 Å². The van der Waals surface area contributed by atoms with E-state index in [4.69, 9.17) is 4.74 Å². The second kappa shape index (κ2) is 8.15. The summed E-state index contributed by atoms with van der Waals surface area (Å²) in [7, 11) is 1.84. The molecule has 0 aromatic heterocycles. The molecule has 1 saturated heterocycles. The summed E-state index contributed by atoms with van der Waals surface area (Å²) in [6, 6.07) is 6.17. The topological polar surface area (TPSA) is 44.8 Å². The Labute approximate surface area is 133 Å². The summed E-state index contributed by atoms with van der Waals surface area (Å²) in [6.45, 7) is 9.56. The molecule has 122 valence electrons. The van der Waals surface area contributed by atoms with Crippen molar-refractivity contribution in [3.8, 4) is 5.75 Å². The number of hydrogen-bond acceptors (Lipinski definition) is 4. The molecule has 1 aromatic rings. The van der Waals surface area contributed by atoms with Crippen LogP contribution in [0.25, 0.3) is 0 Å². The fraction of sp³-hybridized carbons (Fsp3) is 0.588. The van der Waals surface area contributed by atoms with Gasteiger partial charge in [0.1, 0.15) is 12.4 Å². The highest BCUT2D eigenvalue weighted by Gasteiger charge is 2.16. The molecule has 0 saturated carbocycles. The Morgan fingerprint density at radius 1 is 1.23 bits per heavy atom. The molecule has 0 radical (unpaired) electrons. The van der Waals surface area contributed by atoms with Crippen molar-refractivity contribution < 1.29 is 9.53 Å². The molecule has 1 aliphatic heterocycles. The van der Waals surface area contributed by atoms with Crippen LogP contribution in [-0.4, -0.2) is 68.6 Å². The monoisotopic (exact) mass is 305 g/mol. The summed E-state index contributed by atoms with van der Waals surface area (Å²) in [5.41, 5.74) is 2.39. The molecule has 5 heteroatoms. The Hall–Kier alpha value is -1.59. The second-order valence-corrected chi connectivity index (χ2v) is 6.01. The third-order valence-corrected chi connectivity index (χ3v) is 3.88. The Balaban J connectivity index is 1.72. The van der Waals surface area contributed by atoms with E-state index in [1.165, 1.54) is 11.1 Å². The Kier molecular flexibility index (Phi) is 6.21. The Morgan fingerprint density at radius 2 is 1.86 bits per heavy atom. The van der Waals surface area contributed by atoms with Crippen LogP contribution in [-0.2, 0) is 4.79 Å². The fourth-order valence-electron chi connectivity index (χ4n) is 2.62. The number of nitrogens with one attached hydrogen (secondary N) is 1. The third kappa shape index (κ3) is 5.31. The largest absolute Gasteiger partial charge is 0.492 e. The number of hydrogen-bond donors (Lipinski definition) is 1. The molecule has 1 heterocycles. The van der Waals surface area contributed by atoms with E-state index in [0.29, 0.717) is 19.7 Å². The van der Waals surface area contributed by atoms with Gasteiger partial charge in [-0.05, 0) is 37.1 Å². The van der Waals surface area contributed by atoms with Gasteiger partial charge in [0.15, 0.2) is 0 Å². The lowest BCUT2D eigenvalue weighted by Crippen LogP contribution is -2.48. The summed E-state index contributed by atoms with van der Waals surface area (Å²) >= 11 is 0. The predicted octanol–water partition coefficient (Wildman–Crippen LogP) is 1.05. The number of aryl methyl sites for hydroxylation is 2. The summed E-state index contributed by atoms with van der Waals surface area (Å²) < 4.78 is 5.76.